The summed E-state index contributed by atoms with van der Waals surface area (Å²) in [4.78, 5) is 11.9. The molecule has 3 nitrogen and oxygen atoms in total. The molecule has 0 aliphatic heterocycles. The highest BCUT2D eigenvalue weighted by Gasteiger charge is 2.18. The molecule has 20 heavy (non-hydrogen) atoms. The highest BCUT2D eigenvalue weighted by Crippen LogP contribution is 2.19. The van der Waals surface area contributed by atoms with Gasteiger partial charge in [-0.3, -0.25) is 4.79 Å². The fourth-order valence-corrected chi connectivity index (χ4v) is 1.68. The molecule has 1 unspecified atom stereocenters. The Labute approximate surface area is 118 Å². The van der Waals surface area contributed by atoms with Gasteiger partial charge in [-0.1, -0.05) is 18.2 Å². The van der Waals surface area contributed by atoms with E-state index in [-0.39, 0.29) is 23.1 Å². The summed E-state index contributed by atoms with van der Waals surface area (Å²) in [6, 6.07) is 5.81. The number of rotatable bonds is 5. The molecule has 112 valence electrons. The van der Waals surface area contributed by atoms with Crippen LogP contribution in [-0.4, -0.2) is 17.5 Å². The average Bonchev–Trinajstić information content (AvgIpc) is 2.34. The van der Waals surface area contributed by atoms with Crippen LogP contribution >= 0.6 is 0 Å². The van der Waals surface area contributed by atoms with Crippen molar-refractivity contribution in [2.24, 2.45) is 0 Å². The van der Waals surface area contributed by atoms with E-state index >= 15 is 0 Å². The highest BCUT2D eigenvalue weighted by molar-refractivity contribution is 5.81. The predicted molar refractivity (Wildman–Crippen MR) is 75.6 cm³/mol. The number of carbonyl (C=O) groups excluding carboxylic acids is 1. The number of hydrogen-bond acceptors (Lipinski definition) is 2. The number of nitrogens with one attached hydrogen (secondary N) is 2. The molecule has 0 bridgehead atoms. The van der Waals surface area contributed by atoms with Crippen molar-refractivity contribution in [2.45, 2.75) is 52.2 Å². The van der Waals surface area contributed by atoms with Crippen LogP contribution in [0, 0.1) is 0 Å². The van der Waals surface area contributed by atoms with Gasteiger partial charge in [-0.25, -0.2) is 8.78 Å². The first kappa shape index (κ1) is 16.6. The van der Waals surface area contributed by atoms with Crippen LogP contribution in [0.3, 0.4) is 0 Å². The van der Waals surface area contributed by atoms with E-state index in [1.165, 1.54) is 12.1 Å². The van der Waals surface area contributed by atoms with E-state index in [4.69, 9.17) is 0 Å². The summed E-state index contributed by atoms with van der Waals surface area (Å²) in [6.07, 6.45) is -2.48. The SMILES string of the molecule is CC(NCc1cccc(C(F)F)c1)C(=O)NC(C)(C)C. The van der Waals surface area contributed by atoms with Gasteiger partial charge in [-0.2, -0.15) is 0 Å². The Morgan fingerprint density at radius 2 is 1.95 bits per heavy atom. The van der Waals surface area contributed by atoms with E-state index in [9.17, 15) is 13.6 Å². The summed E-state index contributed by atoms with van der Waals surface area (Å²) < 4.78 is 25.2. The lowest BCUT2D eigenvalue weighted by molar-refractivity contribution is -0.124. The molecule has 0 saturated heterocycles. The van der Waals surface area contributed by atoms with Crippen molar-refractivity contribution in [3.8, 4) is 0 Å². The molecule has 0 saturated carbocycles. The minimum Gasteiger partial charge on any atom is -0.350 e. The van der Waals surface area contributed by atoms with Gasteiger partial charge in [-0.05, 0) is 39.3 Å². The Morgan fingerprint density at radius 3 is 2.50 bits per heavy atom. The summed E-state index contributed by atoms with van der Waals surface area (Å²) in [5.41, 5.74) is 0.442. The second-order valence-electron chi connectivity index (χ2n) is 5.89. The van der Waals surface area contributed by atoms with Gasteiger partial charge < -0.3 is 10.6 Å². The molecular formula is C15H22F2N2O. The summed E-state index contributed by atoms with van der Waals surface area (Å²) in [5, 5.41) is 5.89. The van der Waals surface area contributed by atoms with Gasteiger partial charge in [0, 0.05) is 17.6 Å². The fourth-order valence-electron chi connectivity index (χ4n) is 1.68. The summed E-state index contributed by atoms with van der Waals surface area (Å²) in [7, 11) is 0. The topological polar surface area (TPSA) is 41.1 Å². The maximum absolute atomic E-state index is 12.6. The number of amides is 1. The Balaban J connectivity index is 2.54. The van der Waals surface area contributed by atoms with E-state index in [0.29, 0.717) is 6.54 Å². The van der Waals surface area contributed by atoms with Crippen LogP contribution < -0.4 is 10.6 Å². The zero-order valence-electron chi connectivity index (χ0n) is 12.3. The maximum atomic E-state index is 12.6. The van der Waals surface area contributed by atoms with Crippen LogP contribution in [0.25, 0.3) is 0 Å². The zero-order valence-corrected chi connectivity index (χ0v) is 12.3. The van der Waals surface area contributed by atoms with Crippen molar-refractivity contribution in [3.05, 3.63) is 35.4 Å². The molecule has 1 rings (SSSR count). The van der Waals surface area contributed by atoms with Gasteiger partial charge in [0.2, 0.25) is 5.91 Å². The molecule has 0 aliphatic carbocycles. The fraction of sp³-hybridized carbons (Fsp3) is 0.533. The van der Waals surface area contributed by atoms with Crippen LogP contribution in [0.1, 0.15) is 45.2 Å². The number of hydrogen-bond donors (Lipinski definition) is 2. The predicted octanol–water partition coefficient (Wildman–Crippen LogP) is 3.02. The quantitative estimate of drug-likeness (QED) is 0.872. The number of benzene rings is 1. The summed E-state index contributed by atoms with van der Waals surface area (Å²) in [6.45, 7) is 7.84. The third kappa shape index (κ3) is 5.65. The Morgan fingerprint density at radius 1 is 1.30 bits per heavy atom. The molecule has 1 aromatic rings. The van der Waals surface area contributed by atoms with Crippen LogP contribution in [0.2, 0.25) is 0 Å². The first-order valence-corrected chi connectivity index (χ1v) is 6.61. The number of halogens is 2. The molecule has 5 heteroatoms. The monoisotopic (exact) mass is 284 g/mol. The van der Waals surface area contributed by atoms with Crippen molar-refractivity contribution in [1.82, 2.24) is 10.6 Å². The minimum atomic E-state index is -2.48. The third-order valence-electron chi connectivity index (χ3n) is 2.71. The number of carbonyl (C=O) groups is 1. The zero-order chi connectivity index (χ0) is 15.3. The van der Waals surface area contributed by atoms with Gasteiger partial charge >= 0.3 is 0 Å². The molecule has 1 amide bonds. The Kier molecular flexibility index (Phi) is 5.62. The van der Waals surface area contributed by atoms with Crippen LogP contribution in [-0.2, 0) is 11.3 Å². The highest BCUT2D eigenvalue weighted by atomic mass is 19.3. The molecule has 0 spiro atoms. The smallest absolute Gasteiger partial charge is 0.263 e. The van der Waals surface area contributed by atoms with Crippen LogP contribution in [0.4, 0.5) is 8.78 Å². The largest absolute Gasteiger partial charge is 0.350 e. The number of alkyl halides is 2. The van der Waals surface area contributed by atoms with E-state index in [0.717, 1.165) is 5.56 Å². The normalized spacial score (nSPS) is 13.3. The Bertz CT molecular complexity index is 455. The van der Waals surface area contributed by atoms with Gasteiger partial charge in [0.15, 0.2) is 0 Å². The van der Waals surface area contributed by atoms with Crippen molar-refractivity contribution in [3.63, 3.8) is 0 Å². The van der Waals surface area contributed by atoms with E-state index in [1.807, 2.05) is 20.8 Å². The second-order valence-corrected chi connectivity index (χ2v) is 5.89. The minimum absolute atomic E-state index is 0.00361. The first-order chi connectivity index (χ1) is 9.19. The first-order valence-electron chi connectivity index (χ1n) is 6.61. The molecule has 0 radical (unpaired) electrons. The second kappa shape index (κ2) is 6.79. The lowest BCUT2D eigenvalue weighted by atomic mass is 10.1. The molecule has 0 aliphatic rings. The van der Waals surface area contributed by atoms with Crippen molar-refractivity contribution >= 4 is 5.91 Å². The van der Waals surface area contributed by atoms with Crippen LogP contribution in [0.15, 0.2) is 24.3 Å². The maximum Gasteiger partial charge on any atom is 0.263 e. The lowest BCUT2D eigenvalue weighted by Gasteiger charge is -2.23. The lowest BCUT2D eigenvalue weighted by Crippen LogP contribution is -2.49. The molecular weight excluding hydrogens is 262 g/mol. The van der Waals surface area contributed by atoms with E-state index < -0.39 is 6.43 Å². The molecule has 0 aromatic heterocycles. The summed E-state index contributed by atoms with van der Waals surface area (Å²) >= 11 is 0. The van der Waals surface area contributed by atoms with Gasteiger partial charge in [0.05, 0.1) is 6.04 Å². The van der Waals surface area contributed by atoms with Crippen LogP contribution in [0.5, 0.6) is 0 Å². The van der Waals surface area contributed by atoms with E-state index in [1.54, 1.807) is 19.1 Å². The standard InChI is InChI=1S/C15H22F2N2O/c1-10(14(20)19-15(2,3)4)18-9-11-6-5-7-12(8-11)13(16)17/h5-8,10,13,18H,9H2,1-4H3,(H,19,20). The molecule has 2 N–H and O–H groups in total. The third-order valence-corrected chi connectivity index (χ3v) is 2.71. The van der Waals surface area contributed by atoms with Gasteiger partial charge in [0.1, 0.15) is 0 Å². The van der Waals surface area contributed by atoms with E-state index in [2.05, 4.69) is 10.6 Å². The Hall–Kier alpha value is -1.49. The molecule has 1 atom stereocenters. The van der Waals surface area contributed by atoms with Gasteiger partial charge in [-0.15, -0.1) is 0 Å². The average molecular weight is 284 g/mol. The molecule has 0 fully saturated rings. The summed E-state index contributed by atoms with van der Waals surface area (Å²) in [5.74, 6) is -0.109. The van der Waals surface area contributed by atoms with Crippen molar-refractivity contribution in [2.75, 3.05) is 0 Å². The molecule has 0 heterocycles. The van der Waals surface area contributed by atoms with Crippen molar-refractivity contribution < 1.29 is 13.6 Å². The molecule has 1 aromatic carbocycles. The van der Waals surface area contributed by atoms with Gasteiger partial charge in [0.25, 0.3) is 6.43 Å². The van der Waals surface area contributed by atoms with Crippen molar-refractivity contribution in [1.29, 1.82) is 0 Å².